The summed E-state index contributed by atoms with van der Waals surface area (Å²) in [7, 11) is -4.07. The number of benzene rings is 3. The quantitative estimate of drug-likeness (QED) is 0.448. The highest BCUT2D eigenvalue weighted by Crippen LogP contribution is 2.33. The van der Waals surface area contributed by atoms with Gasteiger partial charge >= 0.3 is 0 Å². The number of aryl methyl sites for hydroxylation is 1. The summed E-state index contributed by atoms with van der Waals surface area (Å²) < 4.78 is 40.6. The molecule has 0 aromatic heterocycles. The van der Waals surface area contributed by atoms with E-state index in [0.717, 1.165) is 22.9 Å². The average Bonchev–Trinajstić information content (AvgIpc) is 2.77. The fourth-order valence-corrected chi connectivity index (χ4v) is 5.45. The minimum atomic E-state index is -4.07. The second-order valence-corrected chi connectivity index (χ2v) is 9.71. The lowest BCUT2D eigenvalue weighted by atomic mass is 10.1. The molecule has 0 amide bonds. The molecule has 3 aromatic carbocycles. The van der Waals surface area contributed by atoms with Gasteiger partial charge in [-0.25, -0.2) is 12.8 Å². The highest BCUT2D eigenvalue weighted by atomic mass is 32.2. The van der Waals surface area contributed by atoms with Gasteiger partial charge in [-0.1, -0.05) is 48.5 Å². The first-order chi connectivity index (χ1) is 14.8. The summed E-state index contributed by atoms with van der Waals surface area (Å²) >= 11 is 1.08. The molecule has 0 unspecified atom stereocenters. The maximum absolute atomic E-state index is 14.1. The molecule has 0 spiro atoms. The summed E-state index contributed by atoms with van der Waals surface area (Å²) in [4.78, 5) is -0.376. The molecule has 0 saturated heterocycles. The number of hydrogen-bond acceptors (Lipinski definition) is 5. The van der Waals surface area contributed by atoms with Crippen LogP contribution >= 0.6 is 11.8 Å². The zero-order valence-corrected chi connectivity index (χ0v) is 18.7. The van der Waals surface area contributed by atoms with Gasteiger partial charge in [-0.15, -0.1) is 11.8 Å². The zero-order valence-electron chi connectivity index (χ0n) is 17.1. The third-order valence-electron chi connectivity index (χ3n) is 4.81. The lowest BCUT2D eigenvalue weighted by molar-refractivity contribution is 0.603. The Morgan fingerprint density at radius 1 is 1.00 bits per heavy atom. The Morgan fingerprint density at radius 2 is 1.68 bits per heavy atom. The van der Waals surface area contributed by atoms with Crippen molar-refractivity contribution in [1.29, 1.82) is 5.26 Å². The van der Waals surface area contributed by atoms with E-state index in [9.17, 15) is 18.1 Å². The SMILES string of the molecule is Cc1cccc(NC(SCc2ccccc2F)=C(C#N)S(=O)(=O)c2ccccc2)c1C. The Hall–Kier alpha value is -3.08. The largest absolute Gasteiger partial charge is 0.348 e. The van der Waals surface area contributed by atoms with Gasteiger partial charge in [0.1, 0.15) is 16.9 Å². The highest BCUT2D eigenvalue weighted by molar-refractivity contribution is 8.04. The van der Waals surface area contributed by atoms with E-state index in [4.69, 9.17) is 0 Å². The Bertz CT molecular complexity index is 1260. The van der Waals surface area contributed by atoms with Crippen molar-refractivity contribution in [3.8, 4) is 6.07 Å². The van der Waals surface area contributed by atoms with Gasteiger partial charge in [0.15, 0.2) is 4.91 Å². The average molecular weight is 453 g/mol. The lowest BCUT2D eigenvalue weighted by Gasteiger charge is -2.16. The van der Waals surface area contributed by atoms with E-state index >= 15 is 0 Å². The van der Waals surface area contributed by atoms with Crippen LogP contribution in [0.5, 0.6) is 0 Å². The molecule has 158 valence electrons. The molecule has 0 aliphatic carbocycles. The van der Waals surface area contributed by atoms with Crippen molar-refractivity contribution in [2.24, 2.45) is 0 Å². The summed E-state index contributed by atoms with van der Waals surface area (Å²) in [6, 6.07) is 21.6. The molecule has 4 nitrogen and oxygen atoms in total. The maximum atomic E-state index is 14.1. The van der Waals surface area contributed by atoms with E-state index in [1.54, 1.807) is 36.4 Å². The predicted molar refractivity (Wildman–Crippen MR) is 124 cm³/mol. The number of nitriles is 1. The molecule has 1 N–H and O–H groups in total. The van der Waals surface area contributed by atoms with Crippen molar-refractivity contribution in [3.63, 3.8) is 0 Å². The normalized spacial score (nSPS) is 12.1. The number of sulfone groups is 1. The standard InChI is InChI=1S/C24H21FN2O2S2/c1-17-9-8-14-22(18(17)2)27-24(30-16-19-10-6-7-13-21(19)25)23(15-26)31(28,29)20-11-4-3-5-12-20/h3-14,27H,16H2,1-2H3. The van der Waals surface area contributed by atoms with Crippen LogP contribution in [-0.4, -0.2) is 8.42 Å². The molecule has 0 bridgehead atoms. The summed E-state index contributed by atoms with van der Waals surface area (Å²) in [5.41, 5.74) is 3.06. The first kappa shape index (κ1) is 22.6. The van der Waals surface area contributed by atoms with Crippen LogP contribution in [-0.2, 0) is 15.6 Å². The number of nitrogens with zero attached hydrogens (tertiary/aromatic N) is 1. The van der Waals surface area contributed by atoms with E-state index < -0.39 is 14.7 Å². The Balaban J connectivity index is 2.09. The van der Waals surface area contributed by atoms with Crippen molar-refractivity contribution in [2.75, 3.05) is 5.32 Å². The Morgan fingerprint density at radius 3 is 2.35 bits per heavy atom. The van der Waals surface area contributed by atoms with Crippen molar-refractivity contribution in [3.05, 3.63) is 105 Å². The molecular formula is C24H21FN2O2S2. The van der Waals surface area contributed by atoms with Crippen LogP contribution in [0.4, 0.5) is 10.1 Å². The van der Waals surface area contributed by atoms with Crippen LogP contribution in [0.3, 0.4) is 0 Å². The summed E-state index contributed by atoms with van der Waals surface area (Å²) in [6.45, 7) is 3.86. The number of halogens is 1. The monoisotopic (exact) mass is 452 g/mol. The first-order valence-corrected chi connectivity index (χ1v) is 12.0. The fraction of sp³-hybridized carbons (Fsp3) is 0.125. The lowest BCUT2D eigenvalue weighted by Crippen LogP contribution is -2.11. The second-order valence-electron chi connectivity index (χ2n) is 6.84. The number of anilines is 1. The molecule has 0 saturated carbocycles. The number of thioether (sulfide) groups is 1. The number of nitrogens with one attached hydrogen (secondary N) is 1. The predicted octanol–water partition coefficient (Wildman–Crippen LogP) is 5.95. The van der Waals surface area contributed by atoms with E-state index in [1.807, 2.05) is 38.1 Å². The number of allylic oxidation sites excluding steroid dienone is 1. The topological polar surface area (TPSA) is 70.0 Å². The molecule has 0 heterocycles. The highest BCUT2D eigenvalue weighted by Gasteiger charge is 2.26. The molecule has 31 heavy (non-hydrogen) atoms. The van der Waals surface area contributed by atoms with Gasteiger partial charge in [0.05, 0.1) is 4.90 Å². The van der Waals surface area contributed by atoms with E-state index in [2.05, 4.69) is 5.32 Å². The Kier molecular flexibility index (Phi) is 7.16. The van der Waals surface area contributed by atoms with Crippen molar-refractivity contribution in [1.82, 2.24) is 0 Å². The van der Waals surface area contributed by atoms with E-state index in [1.165, 1.54) is 18.2 Å². The van der Waals surface area contributed by atoms with Gasteiger partial charge in [-0.05, 0) is 54.8 Å². The van der Waals surface area contributed by atoms with Gasteiger partial charge in [0, 0.05) is 11.4 Å². The van der Waals surface area contributed by atoms with Gasteiger partial charge in [0.2, 0.25) is 9.84 Å². The van der Waals surface area contributed by atoms with Crippen molar-refractivity contribution < 1.29 is 12.8 Å². The molecular weight excluding hydrogens is 431 g/mol. The molecule has 3 aromatic rings. The number of hydrogen-bond donors (Lipinski definition) is 1. The van der Waals surface area contributed by atoms with Gasteiger partial charge < -0.3 is 5.32 Å². The summed E-state index contributed by atoms with van der Waals surface area (Å²) in [6.07, 6.45) is 0. The minimum Gasteiger partial charge on any atom is -0.348 e. The van der Waals surface area contributed by atoms with Crippen LogP contribution < -0.4 is 5.32 Å². The van der Waals surface area contributed by atoms with E-state index in [0.29, 0.717) is 11.3 Å². The number of rotatable bonds is 7. The Labute approximate surface area is 186 Å². The first-order valence-electron chi connectivity index (χ1n) is 9.48. The third-order valence-corrected chi connectivity index (χ3v) is 7.72. The maximum Gasteiger partial charge on any atom is 0.219 e. The van der Waals surface area contributed by atoms with Gasteiger partial charge in [-0.2, -0.15) is 5.26 Å². The summed E-state index contributed by atoms with van der Waals surface area (Å²) in [5, 5.41) is 13.1. The molecule has 0 atom stereocenters. The second kappa shape index (κ2) is 9.82. The minimum absolute atomic E-state index is 0.0262. The molecule has 0 radical (unpaired) electrons. The van der Waals surface area contributed by atoms with Crippen LogP contribution in [0.15, 0.2) is 87.6 Å². The van der Waals surface area contributed by atoms with Crippen LogP contribution in [0.1, 0.15) is 16.7 Å². The van der Waals surface area contributed by atoms with E-state index in [-0.39, 0.29) is 21.5 Å². The van der Waals surface area contributed by atoms with Crippen LogP contribution in [0.25, 0.3) is 0 Å². The third kappa shape index (κ3) is 5.16. The van der Waals surface area contributed by atoms with Crippen molar-refractivity contribution in [2.45, 2.75) is 24.5 Å². The molecule has 3 rings (SSSR count). The van der Waals surface area contributed by atoms with Gasteiger partial charge in [0.25, 0.3) is 0 Å². The van der Waals surface area contributed by atoms with Crippen molar-refractivity contribution >= 4 is 27.3 Å². The fourth-order valence-electron chi connectivity index (χ4n) is 2.88. The zero-order chi connectivity index (χ0) is 22.4. The molecule has 0 aliphatic rings. The smallest absolute Gasteiger partial charge is 0.219 e. The molecule has 0 aliphatic heterocycles. The van der Waals surface area contributed by atoms with Crippen LogP contribution in [0, 0.1) is 31.0 Å². The summed E-state index contributed by atoms with van der Waals surface area (Å²) in [5.74, 6) is -0.222. The molecule has 0 fully saturated rings. The van der Waals surface area contributed by atoms with Gasteiger partial charge in [-0.3, -0.25) is 0 Å². The van der Waals surface area contributed by atoms with Crippen LogP contribution in [0.2, 0.25) is 0 Å². The molecule has 7 heteroatoms.